The third-order valence-electron chi connectivity index (χ3n) is 2.19. The molecule has 0 bridgehead atoms. The number of hydrogen-bond donors (Lipinski definition) is 2. The molecule has 0 saturated carbocycles. The number of fused-ring (bicyclic) bond motifs is 1. The Kier molecular flexibility index (Phi) is 3.01. The van der Waals surface area contributed by atoms with Crippen LogP contribution < -0.4 is 14.6 Å². The molecule has 0 unspecified atom stereocenters. The van der Waals surface area contributed by atoms with E-state index >= 15 is 0 Å². The molecule has 0 aliphatic heterocycles. The molecule has 0 atom stereocenters. The first kappa shape index (κ1) is 11.8. The lowest BCUT2D eigenvalue weighted by Crippen LogP contribution is -2.30. The first-order valence-corrected chi connectivity index (χ1v) is 6.24. The lowest BCUT2D eigenvalue weighted by molar-refractivity contribution is 0.415. The number of nitrogens with zero attached hydrogens (tertiary/aromatic N) is 1. The summed E-state index contributed by atoms with van der Waals surface area (Å²) in [5, 5.41) is 9.27. The van der Waals surface area contributed by atoms with Gasteiger partial charge in [-0.05, 0) is 18.2 Å². The summed E-state index contributed by atoms with van der Waals surface area (Å²) in [7, 11) is -2.21. The van der Waals surface area contributed by atoms with Crippen LogP contribution in [-0.4, -0.2) is 20.7 Å². The summed E-state index contributed by atoms with van der Waals surface area (Å²) < 4.78 is 33.8. The maximum Gasteiger partial charge on any atom is 0.274 e. The highest BCUT2D eigenvalue weighted by Gasteiger charge is 2.11. The van der Waals surface area contributed by atoms with Gasteiger partial charge in [0.05, 0.1) is 13.7 Å². The van der Waals surface area contributed by atoms with E-state index < -0.39 is 10.2 Å². The largest absolute Gasteiger partial charge is 0.497 e. The molecule has 17 heavy (non-hydrogen) atoms. The number of hydrogen-bond acceptors (Lipinski definition) is 5. The minimum Gasteiger partial charge on any atom is -0.497 e. The molecular weight excluding hydrogens is 246 g/mol. The predicted molar refractivity (Wildman–Crippen MR) is 60.5 cm³/mol. The smallest absolute Gasteiger partial charge is 0.274 e. The van der Waals surface area contributed by atoms with Crippen molar-refractivity contribution in [2.24, 2.45) is 5.14 Å². The van der Waals surface area contributed by atoms with Crippen LogP contribution in [0.25, 0.3) is 11.0 Å². The highest BCUT2D eigenvalue weighted by Crippen LogP contribution is 2.23. The van der Waals surface area contributed by atoms with Crippen LogP contribution in [0, 0.1) is 0 Å². The van der Waals surface area contributed by atoms with Crippen LogP contribution in [-0.2, 0) is 16.8 Å². The van der Waals surface area contributed by atoms with Gasteiger partial charge in [-0.3, -0.25) is 0 Å². The van der Waals surface area contributed by atoms with Crippen molar-refractivity contribution >= 4 is 21.2 Å². The number of aromatic nitrogens is 1. The van der Waals surface area contributed by atoms with E-state index in [0.29, 0.717) is 22.4 Å². The van der Waals surface area contributed by atoms with Crippen LogP contribution in [0.3, 0.4) is 0 Å². The summed E-state index contributed by atoms with van der Waals surface area (Å²) in [6, 6.07) is 5.14. The highest BCUT2D eigenvalue weighted by molar-refractivity contribution is 7.87. The van der Waals surface area contributed by atoms with E-state index in [0.717, 1.165) is 0 Å². The third kappa shape index (κ3) is 2.73. The summed E-state index contributed by atoms with van der Waals surface area (Å²) in [4.78, 5) is 0. The average molecular weight is 257 g/mol. The minimum absolute atomic E-state index is 0.0288. The normalized spacial score (nSPS) is 11.9. The molecule has 0 amide bonds. The van der Waals surface area contributed by atoms with Gasteiger partial charge in [0.15, 0.2) is 5.58 Å². The number of rotatable bonds is 4. The molecule has 3 N–H and O–H groups in total. The maximum absolute atomic E-state index is 10.8. The molecule has 1 aromatic carbocycles. The first-order valence-electron chi connectivity index (χ1n) is 4.69. The van der Waals surface area contributed by atoms with Crippen LogP contribution in [0.1, 0.15) is 5.69 Å². The van der Waals surface area contributed by atoms with Crippen molar-refractivity contribution in [3.8, 4) is 5.75 Å². The minimum atomic E-state index is -3.75. The fourth-order valence-electron chi connectivity index (χ4n) is 1.39. The lowest BCUT2D eigenvalue weighted by Gasteiger charge is -2.00. The van der Waals surface area contributed by atoms with Gasteiger partial charge >= 0.3 is 0 Å². The standard InChI is InChI=1S/C9H11N3O4S/c1-15-6-2-3-9-7(4-6)8(12-16-9)5-11-17(10,13)14/h2-4,11H,5H2,1H3,(H2,10,13,14). The summed E-state index contributed by atoms with van der Waals surface area (Å²) >= 11 is 0. The van der Waals surface area contributed by atoms with E-state index in [4.69, 9.17) is 14.4 Å². The molecule has 0 aliphatic rings. The molecule has 8 heteroatoms. The fourth-order valence-corrected chi connectivity index (χ4v) is 1.73. The molecule has 7 nitrogen and oxygen atoms in total. The van der Waals surface area contributed by atoms with E-state index in [1.165, 1.54) is 7.11 Å². The second kappa shape index (κ2) is 4.32. The Labute approximate surface area is 97.7 Å². The summed E-state index contributed by atoms with van der Waals surface area (Å²) in [6.07, 6.45) is 0. The Bertz CT molecular complexity index is 635. The van der Waals surface area contributed by atoms with Crippen molar-refractivity contribution in [1.29, 1.82) is 0 Å². The fraction of sp³-hybridized carbons (Fsp3) is 0.222. The van der Waals surface area contributed by atoms with Gasteiger partial charge in [0, 0.05) is 5.39 Å². The van der Waals surface area contributed by atoms with Gasteiger partial charge in [-0.25, -0.2) is 5.14 Å². The van der Waals surface area contributed by atoms with Crippen LogP contribution in [0.5, 0.6) is 5.75 Å². The second-order valence-electron chi connectivity index (χ2n) is 3.36. The number of nitrogens with one attached hydrogen (secondary N) is 1. The van der Waals surface area contributed by atoms with Gasteiger partial charge in [-0.15, -0.1) is 0 Å². The molecule has 1 aromatic heterocycles. The van der Waals surface area contributed by atoms with Crippen LogP contribution in [0.15, 0.2) is 22.7 Å². The van der Waals surface area contributed by atoms with Crippen LogP contribution >= 0.6 is 0 Å². The Morgan fingerprint density at radius 2 is 2.29 bits per heavy atom. The van der Waals surface area contributed by atoms with E-state index in [-0.39, 0.29) is 6.54 Å². The molecule has 2 aromatic rings. The Balaban J connectivity index is 2.34. The topological polar surface area (TPSA) is 107 Å². The third-order valence-corrected chi connectivity index (χ3v) is 2.74. The molecular formula is C9H11N3O4S. The number of methoxy groups -OCH3 is 1. The molecule has 0 fully saturated rings. The van der Waals surface area contributed by atoms with Crippen LogP contribution in [0.4, 0.5) is 0 Å². The average Bonchev–Trinajstić information content (AvgIpc) is 2.67. The zero-order chi connectivity index (χ0) is 12.5. The van der Waals surface area contributed by atoms with Crippen molar-refractivity contribution in [1.82, 2.24) is 9.88 Å². The zero-order valence-electron chi connectivity index (χ0n) is 9.00. The Hall–Kier alpha value is -1.64. The van der Waals surface area contributed by atoms with Crippen molar-refractivity contribution in [3.05, 3.63) is 23.9 Å². The maximum atomic E-state index is 10.8. The van der Waals surface area contributed by atoms with Crippen LogP contribution in [0.2, 0.25) is 0 Å². The van der Waals surface area contributed by atoms with Crippen molar-refractivity contribution < 1.29 is 17.7 Å². The van der Waals surface area contributed by atoms with Crippen molar-refractivity contribution in [2.75, 3.05) is 7.11 Å². The quantitative estimate of drug-likeness (QED) is 0.809. The summed E-state index contributed by atoms with van der Waals surface area (Å²) in [5.74, 6) is 0.637. The molecule has 0 spiro atoms. The van der Waals surface area contributed by atoms with Gasteiger partial charge < -0.3 is 9.26 Å². The van der Waals surface area contributed by atoms with Gasteiger partial charge in [0.1, 0.15) is 11.4 Å². The van der Waals surface area contributed by atoms with Crippen molar-refractivity contribution in [3.63, 3.8) is 0 Å². The highest BCUT2D eigenvalue weighted by atomic mass is 32.2. The monoisotopic (exact) mass is 257 g/mol. The predicted octanol–water partition coefficient (Wildman–Crippen LogP) is 0.130. The van der Waals surface area contributed by atoms with Gasteiger partial charge in [-0.1, -0.05) is 5.16 Å². The SMILES string of the molecule is COc1ccc2onc(CNS(N)(=O)=O)c2c1. The molecule has 92 valence electrons. The van der Waals surface area contributed by atoms with Gasteiger partial charge in [-0.2, -0.15) is 13.1 Å². The second-order valence-corrected chi connectivity index (χ2v) is 4.74. The molecule has 2 rings (SSSR count). The molecule has 0 saturated heterocycles. The Morgan fingerprint density at radius 3 is 2.94 bits per heavy atom. The summed E-state index contributed by atoms with van der Waals surface area (Å²) in [6.45, 7) is -0.0288. The van der Waals surface area contributed by atoms with E-state index in [1.807, 2.05) is 0 Å². The zero-order valence-corrected chi connectivity index (χ0v) is 9.82. The Morgan fingerprint density at radius 1 is 1.53 bits per heavy atom. The number of ether oxygens (including phenoxy) is 1. The molecule has 0 radical (unpaired) electrons. The lowest BCUT2D eigenvalue weighted by atomic mass is 10.2. The van der Waals surface area contributed by atoms with Gasteiger partial charge in [0.2, 0.25) is 0 Å². The van der Waals surface area contributed by atoms with Crippen molar-refractivity contribution in [2.45, 2.75) is 6.54 Å². The summed E-state index contributed by atoms with van der Waals surface area (Å²) in [5.41, 5.74) is 1.00. The number of benzene rings is 1. The first-order chi connectivity index (χ1) is 7.99. The van der Waals surface area contributed by atoms with E-state index in [2.05, 4.69) is 9.88 Å². The van der Waals surface area contributed by atoms with Gasteiger partial charge in [0.25, 0.3) is 10.2 Å². The van der Waals surface area contributed by atoms with E-state index in [1.54, 1.807) is 18.2 Å². The number of nitrogens with two attached hydrogens (primary N) is 1. The molecule has 1 heterocycles. The molecule has 0 aliphatic carbocycles. The van der Waals surface area contributed by atoms with E-state index in [9.17, 15) is 8.42 Å².